The number of hydrogen-bond donors (Lipinski definition) is 1. The van der Waals surface area contributed by atoms with E-state index in [1.807, 2.05) is 4.90 Å². The zero-order chi connectivity index (χ0) is 17.9. The molecule has 3 atom stereocenters. The van der Waals surface area contributed by atoms with E-state index in [1.165, 1.54) is 0 Å². The molecule has 2 aromatic rings. The summed E-state index contributed by atoms with van der Waals surface area (Å²) in [4.78, 5) is 11.9. The first-order chi connectivity index (χ1) is 12.5. The molecule has 4 heterocycles. The molecule has 1 N–H and O–H groups in total. The van der Waals surface area contributed by atoms with Crippen LogP contribution in [0.15, 0.2) is 6.07 Å². The summed E-state index contributed by atoms with van der Waals surface area (Å²) in [5, 5.41) is 13.9. The highest BCUT2D eigenvalue weighted by molar-refractivity contribution is 5.49. The van der Waals surface area contributed by atoms with E-state index in [1.54, 1.807) is 4.90 Å². The quantitative estimate of drug-likeness (QED) is 0.868. The summed E-state index contributed by atoms with van der Waals surface area (Å²) in [6, 6.07) is 1.07. The zero-order valence-corrected chi connectivity index (χ0v) is 13.8. The lowest BCUT2D eigenvalue weighted by Gasteiger charge is -2.32. The Kier molecular flexibility index (Phi) is 3.35. The Bertz CT molecular complexity index is 792. The number of hydrogen-bond acceptors (Lipinski definition) is 7. The SMILES string of the molecule is FC(F)(F)c1cc(N2C[C@@H]3C(Cc4nn[nH]n4)[C@@H]3C2)nc(N2CCC2)n1. The van der Waals surface area contributed by atoms with Crippen molar-refractivity contribution >= 4 is 11.8 Å². The minimum absolute atomic E-state index is 0.185. The van der Waals surface area contributed by atoms with Crippen molar-refractivity contribution < 1.29 is 13.2 Å². The van der Waals surface area contributed by atoms with Crippen molar-refractivity contribution in [3.05, 3.63) is 17.6 Å². The summed E-state index contributed by atoms with van der Waals surface area (Å²) < 4.78 is 39.7. The van der Waals surface area contributed by atoms with Crippen LogP contribution >= 0.6 is 0 Å². The van der Waals surface area contributed by atoms with Crippen molar-refractivity contribution in [1.29, 1.82) is 0 Å². The molecule has 2 saturated heterocycles. The molecule has 3 fully saturated rings. The van der Waals surface area contributed by atoms with E-state index in [2.05, 4.69) is 30.6 Å². The second kappa shape index (κ2) is 5.52. The van der Waals surface area contributed by atoms with E-state index in [0.29, 0.717) is 55.6 Å². The first-order valence-corrected chi connectivity index (χ1v) is 8.67. The highest BCUT2D eigenvalue weighted by Gasteiger charge is 2.56. The fraction of sp³-hybridized carbons (Fsp3) is 0.667. The number of aromatic amines is 1. The van der Waals surface area contributed by atoms with Crippen molar-refractivity contribution in [1.82, 2.24) is 30.6 Å². The van der Waals surface area contributed by atoms with Gasteiger partial charge in [0.2, 0.25) is 5.95 Å². The van der Waals surface area contributed by atoms with Crippen LogP contribution in [0.3, 0.4) is 0 Å². The maximum absolute atomic E-state index is 13.2. The van der Waals surface area contributed by atoms with Gasteiger partial charge in [-0.25, -0.2) is 4.98 Å². The first kappa shape index (κ1) is 15.8. The van der Waals surface area contributed by atoms with Crippen LogP contribution in [0, 0.1) is 17.8 Å². The van der Waals surface area contributed by atoms with Gasteiger partial charge in [-0.05, 0) is 24.2 Å². The topological polar surface area (TPSA) is 86.7 Å². The van der Waals surface area contributed by atoms with Gasteiger partial charge in [-0.1, -0.05) is 5.21 Å². The maximum atomic E-state index is 13.2. The lowest BCUT2D eigenvalue weighted by atomic mass is 10.2. The van der Waals surface area contributed by atoms with Gasteiger partial charge in [0, 0.05) is 38.7 Å². The summed E-state index contributed by atoms with van der Waals surface area (Å²) >= 11 is 0. The summed E-state index contributed by atoms with van der Waals surface area (Å²) in [5.41, 5.74) is -0.867. The molecule has 0 spiro atoms. The van der Waals surface area contributed by atoms with E-state index in [4.69, 9.17) is 0 Å². The number of alkyl halides is 3. The van der Waals surface area contributed by atoms with Crippen molar-refractivity contribution in [3.63, 3.8) is 0 Å². The molecule has 0 amide bonds. The van der Waals surface area contributed by atoms with Crippen LogP contribution in [0.5, 0.6) is 0 Å². The number of anilines is 2. The number of fused-ring (bicyclic) bond motifs is 1. The third kappa shape index (κ3) is 2.65. The van der Waals surface area contributed by atoms with Gasteiger partial charge in [0.15, 0.2) is 11.5 Å². The third-order valence-electron chi connectivity index (χ3n) is 5.63. The fourth-order valence-electron chi connectivity index (χ4n) is 4.01. The summed E-state index contributed by atoms with van der Waals surface area (Å²) in [6.07, 6.45) is -2.75. The average molecular weight is 366 g/mol. The molecule has 1 unspecified atom stereocenters. The molecule has 1 aliphatic carbocycles. The minimum Gasteiger partial charge on any atom is -0.356 e. The Morgan fingerprint density at radius 1 is 1.12 bits per heavy atom. The fourth-order valence-corrected chi connectivity index (χ4v) is 4.01. The number of aromatic nitrogens is 6. The molecule has 26 heavy (non-hydrogen) atoms. The van der Waals surface area contributed by atoms with Crippen LogP contribution in [-0.4, -0.2) is 56.8 Å². The maximum Gasteiger partial charge on any atom is 0.433 e. The molecule has 5 rings (SSSR count). The van der Waals surface area contributed by atoms with Gasteiger partial charge in [0.1, 0.15) is 5.82 Å². The highest BCUT2D eigenvalue weighted by Crippen LogP contribution is 2.53. The number of rotatable bonds is 4. The van der Waals surface area contributed by atoms with Gasteiger partial charge in [0.05, 0.1) is 0 Å². The van der Waals surface area contributed by atoms with E-state index in [0.717, 1.165) is 18.9 Å². The molecule has 0 aromatic carbocycles. The van der Waals surface area contributed by atoms with Crippen LogP contribution in [-0.2, 0) is 12.6 Å². The molecular formula is C15H17F3N8. The van der Waals surface area contributed by atoms with Crippen LogP contribution in [0.2, 0.25) is 0 Å². The van der Waals surface area contributed by atoms with E-state index >= 15 is 0 Å². The molecule has 0 bridgehead atoms. The van der Waals surface area contributed by atoms with Crippen LogP contribution in [0.4, 0.5) is 24.9 Å². The Morgan fingerprint density at radius 2 is 1.88 bits per heavy atom. The second-order valence-corrected chi connectivity index (χ2v) is 7.18. The van der Waals surface area contributed by atoms with Gasteiger partial charge in [-0.2, -0.15) is 23.4 Å². The summed E-state index contributed by atoms with van der Waals surface area (Å²) in [7, 11) is 0. The van der Waals surface area contributed by atoms with Gasteiger partial charge >= 0.3 is 6.18 Å². The van der Waals surface area contributed by atoms with Crippen LogP contribution < -0.4 is 9.80 Å². The van der Waals surface area contributed by atoms with E-state index < -0.39 is 11.9 Å². The Morgan fingerprint density at radius 3 is 2.46 bits per heavy atom. The molecule has 3 aliphatic rings. The molecule has 2 aromatic heterocycles. The Labute approximate surface area is 146 Å². The number of nitrogens with one attached hydrogen (secondary N) is 1. The zero-order valence-electron chi connectivity index (χ0n) is 13.8. The standard InChI is InChI=1S/C15H17F3N8/c16-15(17,18)11-5-13(20-14(19-11)25-2-1-3-25)26-6-9-8(10(9)7-26)4-12-21-23-24-22-12/h5,8-10H,1-4,6-7H2,(H,21,22,23,24)/t8?,9-,10+. The van der Waals surface area contributed by atoms with Crippen molar-refractivity contribution in [2.45, 2.75) is 19.0 Å². The van der Waals surface area contributed by atoms with Crippen molar-refractivity contribution in [2.24, 2.45) is 17.8 Å². The summed E-state index contributed by atoms with van der Waals surface area (Å²) in [5.74, 6) is 2.63. The first-order valence-electron chi connectivity index (χ1n) is 8.67. The largest absolute Gasteiger partial charge is 0.433 e. The third-order valence-corrected chi connectivity index (χ3v) is 5.63. The normalized spacial score (nSPS) is 27.4. The molecule has 2 aliphatic heterocycles. The number of H-pyrrole nitrogens is 1. The smallest absolute Gasteiger partial charge is 0.356 e. The summed E-state index contributed by atoms with van der Waals surface area (Å²) in [6.45, 7) is 2.83. The van der Waals surface area contributed by atoms with Gasteiger partial charge in [-0.15, -0.1) is 10.2 Å². The average Bonchev–Trinajstić information content (AvgIpc) is 2.97. The lowest BCUT2D eigenvalue weighted by Crippen LogP contribution is -2.39. The van der Waals surface area contributed by atoms with Crippen molar-refractivity contribution in [2.75, 3.05) is 36.0 Å². The number of nitrogens with zero attached hydrogens (tertiary/aromatic N) is 7. The molecule has 0 radical (unpaired) electrons. The molecular weight excluding hydrogens is 349 g/mol. The minimum atomic E-state index is -4.47. The predicted octanol–water partition coefficient (Wildman–Crippen LogP) is 1.14. The lowest BCUT2D eigenvalue weighted by molar-refractivity contribution is -0.141. The molecule has 138 valence electrons. The van der Waals surface area contributed by atoms with Crippen molar-refractivity contribution in [3.8, 4) is 0 Å². The van der Waals surface area contributed by atoms with Crippen LogP contribution in [0.1, 0.15) is 17.9 Å². The number of halogens is 3. The van der Waals surface area contributed by atoms with Gasteiger partial charge in [0.25, 0.3) is 0 Å². The Balaban J connectivity index is 1.33. The Hall–Kier alpha value is -2.46. The van der Waals surface area contributed by atoms with Gasteiger partial charge < -0.3 is 9.80 Å². The van der Waals surface area contributed by atoms with Gasteiger partial charge in [-0.3, -0.25) is 0 Å². The molecule has 11 heteroatoms. The monoisotopic (exact) mass is 366 g/mol. The predicted molar refractivity (Wildman–Crippen MR) is 84.4 cm³/mol. The van der Waals surface area contributed by atoms with E-state index in [-0.39, 0.29) is 5.95 Å². The second-order valence-electron chi connectivity index (χ2n) is 7.18. The number of tetrazole rings is 1. The molecule has 8 nitrogen and oxygen atoms in total. The highest BCUT2D eigenvalue weighted by atomic mass is 19.4. The molecule has 1 saturated carbocycles. The van der Waals surface area contributed by atoms with Crippen LogP contribution in [0.25, 0.3) is 0 Å². The van der Waals surface area contributed by atoms with E-state index in [9.17, 15) is 13.2 Å². The number of piperidine rings is 1.